The molecule has 35 valence electrons. The molecule has 0 aliphatic rings. The Morgan fingerprint density at radius 2 is 0.400 bits per heavy atom. The van der Waals surface area contributed by atoms with Crippen LogP contribution in [0, 0.1) is 0 Å². The van der Waals surface area contributed by atoms with Crippen molar-refractivity contribution in [1.29, 1.82) is 0 Å². The van der Waals surface area contributed by atoms with Gasteiger partial charge in [0.2, 0.25) is 0 Å². The fourth-order valence-electron chi connectivity index (χ4n) is 0. The summed E-state index contributed by atoms with van der Waals surface area (Å²) in [4.78, 5) is 0. The largest absolute Gasteiger partial charge is 0 e. The van der Waals surface area contributed by atoms with Crippen molar-refractivity contribution in [3.8, 4) is 0 Å². The van der Waals surface area contributed by atoms with E-state index in [0.717, 1.165) is 0 Å². The molecule has 0 rings (SSSR count). The molecule has 0 aliphatic carbocycles. The zero-order valence-corrected chi connectivity index (χ0v) is 6.14. The zero-order chi connectivity index (χ0) is 0. The van der Waals surface area contributed by atoms with Crippen LogP contribution in [0.15, 0.2) is 0 Å². The van der Waals surface area contributed by atoms with Crippen molar-refractivity contribution in [3.05, 3.63) is 0 Å². The first-order valence-electron chi connectivity index (χ1n) is 0. The van der Waals surface area contributed by atoms with Gasteiger partial charge in [-0.2, -0.15) is 0 Å². The summed E-state index contributed by atoms with van der Waals surface area (Å²) in [6.45, 7) is 0. The predicted molar refractivity (Wildman–Crippen MR) is 30.4 cm³/mol. The molecule has 0 spiro atoms. The summed E-state index contributed by atoms with van der Waals surface area (Å²) in [6, 6.07) is 0. The summed E-state index contributed by atoms with van der Waals surface area (Å²) in [5.74, 6) is 0. The molecule has 5 heavy (non-hydrogen) atoms. The Kier molecular flexibility index (Phi) is 512. The molecule has 0 saturated carbocycles. The third-order valence-corrected chi connectivity index (χ3v) is 0. The van der Waals surface area contributed by atoms with Gasteiger partial charge in [0.05, 0.1) is 0 Å². The second-order valence-electron chi connectivity index (χ2n) is 0. The van der Waals surface area contributed by atoms with E-state index in [1.807, 2.05) is 0 Å². The standard InChI is InChI=1S/Cu.4S. The fourth-order valence-corrected chi connectivity index (χ4v) is 0. The normalized spacial score (nSPS) is 0. The smallest absolute Gasteiger partial charge is 0 e. The summed E-state index contributed by atoms with van der Waals surface area (Å²) in [6.07, 6.45) is 0. The van der Waals surface area contributed by atoms with Crippen LogP contribution < -0.4 is 0 Å². The Morgan fingerprint density at radius 1 is 0.400 bits per heavy atom. The van der Waals surface area contributed by atoms with Gasteiger partial charge in [0.25, 0.3) is 0 Å². The van der Waals surface area contributed by atoms with Crippen molar-refractivity contribution < 1.29 is 17.1 Å². The molecule has 5 heteroatoms. The minimum Gasteiger partial charge on any atom is 0 e. The second kappa shape index (κ2) is 38.9. The molecule has 0 unspecified atom stereocenters. The van der Waals surface area contributed by atoms with Gasteiger partial charge >= 0.3 is 0 Å². The van der Waals surface area contributed by atoms with Gasteiger partial charge in [-0.15, -0.1) is 0 Å². The first kappa shape index (κ1) is 65.8. The maximum Gasteiger partial charge on any atom is 0 e. The van der Waals surface area contributed by atoms with Crippen molar-refractivity contribution in [2.75, 3.05) is 0 Å². The molecule has 0 atom stereocenters. The third kappa shape index (κ3) is 24.7. The van der Waals surface area contributed by atoms with E-state index in [-0.39, 0.29) is 71.1 Å². The molecule has 0 aromatic rings. The van der Waals surface area contributed by atoms with Crippen LogP contribution >= 0.6 is 54.0 Å². The summed E-state index contributed by atoms with van der Waals surface area (Å²) in [5, 5.41) is 0. The Hall–Kier alpha value is 1.92. The summed E-state index contributed by atoms with van der Waals surface area (Å²) in [7, 11) is 0. The van der Waals surface area contributed by atoms with Crippen LogP contribution in [0.3, 0.4) is 0 Å². The Bertz CT molecular complexity index is 3.61. The first-order chi connectivity index (χ1) is 0. The van der Waals surface area contributed by atoms with E-state index < -0.39 is 0 Å². The van der Waals surface area contributed by atoms with Gasteiger partial charge in [0, 0.05) is 71.1 Å². The van der Waals surface area contributed by atoms with Crippen LogP contribution in [0.25, 0.3) is 0 Å². The van der Waals surface area contributed by atoms with Gasteiger partial charge in [0.1, 0.15) is 0 Å². The quantitative estimate of drug-likeness (QED) is 0.517. The van der Waals surface area contributed by atoms with Gasteiger partial charge in [-0.25, -0.2) is 0 Å². The van der Waals surface area contributed by atoms with E-state index in [2.05, 4.69) is 0 Å². The van der Waals surface area contributed by atoms with Crippen LogP contribution in [0.2, 0.25) is 0 Å². The average molecular weight is 192 g/mol. The Balaban J connectivity index is 0. The van der Waals surface area contributed by atoms with E-state index in [1.54, 1.807) is 0 Å². The average Bonchev–Trinajstić information content (AvgIpc) is 0. The molecule has 0 saturated heterocycles. The van der Waals surface area contributed by atoms with Gasteiger partial charge in [-0.05, 0) is 0 Å². The fraction of sp³-hybridized carbons (Fsp3) is 0. The van der Waals surface area contributed by atoms with Crippen LogP contribution in [0.5, 0.6) is 0 Å². The monoisotopic (exact) mass is 191 g/mol. The van der Waals surface area contributed by atoms with E-state index >= 15 is 0 Å². The first-order valence-corrected chi connectivity index (χ1v) is 0. The molecule has 0 nitrogen and oxygen atoms in total. The van der Waals surface area contributed by atoms with Crippen molar-refractivity contribution in [2.45, 2.75) is 0 Å². The van der Waals surface area contributed by atoms with Gasteiger partial charge < -0.3 is 0 Å². The molecule has 0 bridgehead atoms. The molecule has 0 N–H and O–H groups in total. The van der Waals surface area contributed by atoms with E-state index in [4.69, 9.17) is 0 Å². The summed E-state index contributed by atoms with van der Waals surface area (Å²) < 4.78 is 0. The Morgan fingerprint density at radius 3 is 0.400 bits per heavy atom. The molecule has 0 aliphatic heterocycles. The van der Waals surface area contributed by atoms with Crippen LogP contribution in [0.1, 0.15) is 0 Å². The SMILES string of the molecule is [Cu].[S].[S].[S].[S]. The number of hydrogen-bond donors (Lipinski definition) is 0. The van der Waals surface area contributed by atoms with Crippen LogP contribution in [0.4, 0.5) is 0 Å². The van der Waals surface area contributed by atoms with E-state index in [1.165, 1.54) is 0 Å². The predicted octanol–water partition coefficient (Wildman–Crippen LogP) is 2.59. The van der Waals surface area contributed by atoms with Gasteiger partial charge in [0.15, 0.2) is 0 Å². The number of hydrogen-bond acceptors (Lipinski definition) is 0. The third-order valence-electron chi connectivity index (χ3n) is 0. The van der Waals surface area contributed by atoms with Crippen LogP contribution in [-0.4, -0.2) is 0 Å². The minimum atomic E-state index is 0. The molecule has 0 fully saturated rings. The van der Waals surface area contributed by atoms with Gasteiger partial charge in [-0.3, -0.25) is 0 Å². The van der Waals surface area contributed by atoms with Crippen molar-refractivity contribution in [2.24, 2.45) is 0 Å². The van der Waals surface area contributed by atoms with Crippen molar-refractivity contribution >= 4 is 54.0 Å². The zero-order valence-electron chi connectivity index (χ0n) is 1.93. The second-order valence-corrected chi connectivity index (χ2v) is 0. The molecular formula is CuS4. The maximum atomic E-state index is 0. The summed E-state index contributed by atoms with van der Waals surface area (Å²) >= 11 is 0. The van der Waals surface area contributed by atoms with Crippen molar-refractivity contribution in [3.63, 3.8) is 0 Å². The molecule has 0 amide bonds. The molecule has 0 heterocycles. The molecular weight excluding hydrogens is 192 g/mol. The minimum absolute atomic E-state index is 0. The summed E-state index contributed by atoms with van der Waals surface area (Å²) in [5.41, 5.74) is 0. The van der Waals surface area contributed by atoms with Crippen molar-refractivity contribution in [1.82, 2.24) is 0 Å². The number of rotatable bonds is 0. The van der Waals surface area contributed by atoms with Crippen LogP contribution in [-0.2, 0) is 17.1 Å². The Labute approximate surface area is 70.7 Å². The molecule has 0 aromatic carbocycles. The van der Waals surface area contributed by atoms with E-state index in [9.17, 15) is 0 Å². The van der Waals surface area contributed by atoms with E-state index in [0.29, 0.717) is 0 Å². The molecule has 0 aromatic heterocycles. The maximum absolute atomic E-state index is 0. The molecule has 9 radical (unpaired) electrons. The topological polar surface area (TPSA) is 0 Å². The van der Waals surface area contributed by atoms with Gasteiger partial charge in [-0.1, -0.05) is 0 Å².